The standard InChI is InChI=1S/C12H15IN2O3/c1-15(8-4-7-11(16)17)12(18)14-10-6-3-2-5-9(10)13/h2-3,5-6H,4,7-8H2,1H3,(H,14,18)(H,16,17). The second kappa shape index (κ2) is 7.20. The number of nitrogens with one attached hydrogen (secondary N) is 1. The number of aliphatic carboxylic acids is 1. The van der Waals surface area contributed by atoms with E-state index in [1.54, 1.807) is 7.05 Å². The first kappa shape index (κ1) is 14.7. The molecular weight excluding hydrogens is 347 g/mol. The third kappa shape index (κ3) is 4.91. The molecule has 5 nitrogen and oxygen atoms in total. The largest absolute Gasteiger partial charge is 0.481 e. The monoisotopic (exact) mass is 362 g/mol. The van der Waals surface area contributed by atoms with Crippen molar-refractivity contribution < 1.29 is 14.7 Å². The maximum atomic E-state index is 11.8. The van der Waals surface area contributed by atoms with Crippen LogP contribution in [0.2, 0.25) is 0 Å². The molecule has 1 aromatic rings. The molecule has 0 fully saturated rings. The molecule has 0 heterocycles. The first-order chi connectivity index (χ1) is 8.50. The Bertz CT molecular complexity index is 437. The molecule has 2 amide bonds. The topological polar surface area (TPSA) is 69.6 Å². The zero-order chi connectivity index (χ0) is 13.5. The van der Waals surface area contributed by atoms with E-state index in [1.807, 2.05) is 24.3 Å². The van der Waals surface area contributed by atoms with E-state index in [2.05, 4.69) is 27.9 Å². The molecule has 0 aromatic heterocycles. The molecule has 98 valence electrons. The van der Waals surface area contributed by atoms with Crippen LogP contribution in [0.5, 0.6) is 0 Å². The molecule has 6 heteroatoms. The average molecular weight is 362 g/mol. The molecule has 0 bridgehead atoms. The van der Waals surface area contributed by atoms with Gasteiger partial charge in [-0.15, -0.1) is 0 Å². The summed E-state index contributed by atoms with van der Waals surface area (Å²) in [4.78, 5) is 23.6. The fraction of sp³-hybridized carbons (Fsp3) is 0.333. The van der Waals surface area contributed by atoms with Crippen LogP contribution in [0.3, 0.4) is 0 Å². The SMILES string of the molecule is CN(CCCC(=O)O)C(=O)Nc1ccccc1I. The van der Waals surface area contributed by atoms with Crippen molar-refractivity contribution in [2.24, 2.45) is 0 Å². The van der Waals surface area contributed by atoms with E-state index in [0.29, 0.717) is 13.0 Å². The van der Waals surface area contributed by atoms with Crippen LogP contribution in [0, 0.1) is 3.57 Å². The van der Waals surface area contributed by atoms with Gasteiger partial charge in [0, 0.05) is 23.6 Å². The van der Waals surface area contributed by atoms with Crippen LogP contribution in [-0.4, -0.2) is 35.6 Å². The zero-order valence-corrected chi connectivity index (χ0v) is 12.2. The lowest BCUT2D eigenvalue weighted by molar-refractivity contribution is -0.137. The fourth-order valence-corrected chi connectivity index (χ4v) is 1.86. The van der Waals surface area contributed by atoms with Gasteiger partial charge in [0.2, 0.25) is 0 Å². The number of carboxylic acids is 1. The van der Waals surface area contributed by atoms with Gasteiger partial charge in [-0.25, -0.2) is 4.79 Å². The van der Waals surface area contributed by atoms with Crippen LogP contribution in [0.25, 0.3) is 0 Å². The maximum absolute atomic E-state index is 11.8. The minimum Gasteiger partial charge on any atom is -0.481 e. The Labute approximate surface area is 119 Å². The first-order valence-corrected chi connectivity index (χ1v) is 6.57. The maximum Gasteiger partial charge on any atom is 0.321 e. The summed E-state index contributed by atoms with van der Waals surface area (Å²) in [6, 6.07) is 7.24. The molecule has 18 heavy (non-hydrogen) atoms. The Morgan fingerprint density at radius 1 is 1.39 bits per heavy atom. The number of hydrogen-bond acceptors (Lipinski definition) is 2. The Kier molecular flexibility index (Phi) is 5.90. The van der Waals surface area contributed by atoms with Crippen molar-refractivity contribution in [2.75, 3.05) is 18.9 Å². The molecule has 0 aliphatic rings. The third-order valence-electron chi connectivity index (χ3n) is 2.35. The van der Waals surface area contributed by atoms with Crippen LogP contribution in [-0.2, 0) is 4.79 Å². The molecule has 0 spiro atoms. The van der Waals surface area contributed by atoms with E-state index >= 15 is 0 Å². The molecular formula is C12H15IN2O3. The molecule has 1 rings (SSSR count). The lowest BCUT2D eigenvalue weighted by Gasteiger charge is -2.18. The van der Waals surface area contributed by atoms with Gasteiger partial charge in [0.05, 0.1) is 5.69 Å². The summed E-state index contributed by atoms with van der Waals surface area (Å²) in [5.41, 5.74) is 0.758. The molecule has 0 radical (unpaired) electrons. The van der Waals surface area contributed by atoms with E-state index in [-0.39, 0.29) is 12.5 Å². The Balaban J connectivity index is 2.45. The molecule has 0 aliphatic heterocycles. The second-order valence-electron chi connectivity index (χ2n) is 3.83. The van der Waals surface area contributed by atoms with Crippen molar-refractivity contribution >= 4 is 40.3 Å². The number of halogens is 1. The van der Waals surface area contributed by atoms with Crippen LogP contribution in [0.15, 0.2) is 24.3 Å². The first-order valence-electron chi connectivity index (χ1n) is 5.49. The zero-order valence-electron chi connectivity index (χ0n) is 10.0. The smallest absolute Gasteiger partial charge is 0.321 e. The molecule has 2 N–H and O–H groups in total. The van der Waals surface area contributed by atoms with Crippen LogP contribution in [0.1, 0.15) is 12.8 Å². The Morgan fingerprint density at radius 2 is 2.06 bits per heavy atom. The highest BCUT2D eigenvalue weighted by Gasteiger charge is 2.10. The number of carbonyl (C=O) groups excluding carboxylic acids is 1. The van der Waals surface area contributed by atoms with Gasteiger partial charge >= 0.3 is 12.0 Å². The van der Waals surface area contributed by atoms with Crippen molar-refractivity contribution in [3.8, 4) is 0 Å². The number of urea groups is 1. The molecule has 1 aromatic carbocycles. The summed E-state index contributed by atoms with van der Waals surface area (Å²) in [5.74, 6) is -0.846. The van der Waals surface area contributed by atoms with Gasteiger partial charge in [0.15, 0.2) is 0 Å². The normalized spacial score (nSPS) is 9.89. The van der Waals surface area contributed by atoms with Gasteiger partial charge in [-0.3, -0.25) is 4.79 Å². The van der Waals surface area contributed by atoms with Crippen LogP contribution in [0.4, 0.5) is 10.5 Å². The summed E-state index contributed by atoms with van der Waals surface area (Å²) in [6.45, 7) is 0.418. The van der Waals surface area contributed by atoms with Crippen molar-refractivity contribution in [3.05, 3.63) is 27.8 Å². The number of nitrogens with zero attached hydrogens (tertiary/aromatic N) is 1. The summed E-state index contributed by atoms with van der Waals surface area (Å²) >= 11 is 2.14. The van der Waals surface area contributed by atoms with Crippen LogP contribution < -0.4 is 5.32 Å². The highest BCUT2D eigenvalue weighted by molar-refractivity contribution is 14.1. The fourth-order valence-electron chi connectivity index (χ4n) is 1.34. The number of carboxylic acid groups (broad SMARTS) is 1. The van der Waals surface area contributed by atoms with Gasteiger partial charge in [-0.1, -0.05) is 12.1 Å². The van der Waals surface area contributed by atoms with Crippen molar-refractivity contribution in [2.45, 2.75) is 12.8 Å². The number of carbonyl (C=O) groups is 2. The van der Waals surface area contributed by atoms with E-state index in [0.717, 1.165) is 9.26 Å². The number of amides is 2. The summed E-state index contributed by atoms with van der Waals surface area (Å²) in [6.07, 6.45) is 0.519. The average Bonchev–Trinajstić information content (AvgIpc) is 2.31. The van der Waals surface area contributed by atoms with Crippen LogP contribution >= 0.6 is 22.6 Å². The van der Waals surface area contributed by atoms with Gasteiger partial charge in [-0.05, 0) is 41.1 Å². The predicted molar refractivity (Wildman–Crippen MR) is 77.7 cm³/mol. The highest BCUT2D eigenvalue weighted by Crippen LogP contribution is 2.17. The van der Waals surface area contributed by atoms with Gasteiger partial charge in [-0.2, -0.15) is 0 Å². The highest BCUT2D eigenvalue weighted by atomic mass is 127. The van der Waals surface area contributed by atoms with Crippen molar-refractivity contribution in [3.63, 3.8) is 0 Å². The molecule has 0 aliphatic carbocycles. The van der Waals surface area contributed by atoms with E-state index in [1.165, 1.54) is 4.90 Å². The Morgan fingerprint density at radius 3 is 2.67 bits per heavy atom. The van der Waals surface area contributed by atoms with Crippen molar-refractivity contribution in [1.82, 2.24) is 4.90 Å². The minimum absolute atomic E-state index is 0.0699. The summed E-state index contributed by atoms with van der Waals surface area (Å²) in [5, 5.41) is 11.3. The van der Waals surface area contributed by atoms with Gasteiger partial charge in [0.1, 0.15) is 0 Å². The molecule has 0 unspecified atom stereocenters. The quantitative estimate of drug-likeness (QED) is 0.792. The molecule has 0 saturated carbocycles. The number of rotatable bonds is 5. The number of anilines is 1. The number of para-hydroxylation sites is 1. The summed E-state index contributed by atoms with van der Waals surface area (Å²) in [7, 11) is 1.65. The van der Waals surface area contributed by atoms with E-state index in [4.69, 9.17) is 5.11 Å². The lowest BCUT2D eigenvalue weighted by Crippen LogP contribution is -2.32. The molecule has 0 atom stereocenters. The third-order valence-corrected chi connectivity index (χ3v) is 3.29. The number of benzene rings is 1. The summed E-state index contributed by atoms with van der Waals surface area (Å²) < 4.78 is 0.961. The lowest BCUT2D eigenvalue weighted by atomic mass is 10.3. The van der Waals surface area contributed by atoms with Gasteiger partial charge < -0.3 is 15.3 Å². The van der Waals surface area contributed by atoms with Crippen molar-refractivity contribution in [1.29, 1.82) is 0 Å². The Hall–Kier alpha value is -1.31. The predicted octanol–water partition coefficient (Wildman–Crippen LogP) is 2.62. The van der Waals surface area contributed by atoms with E-state index < -0.39 is 5.97 Å². The second-order valence-corrected chi connectivity index (χ2v) is 4.99. The van der Waals surface area contributed by atoms with Gasteiger partial charge in [0.25, 0.3) is 0 Å². The van der Waals surface area contributed by atoms with E-state index in [9.17, 15) is 9.59 Å². The number of hydrogen-bond donors (Lipinski definition) is 2. The molecule has 0 saturated heterocycles. The minimum atomic E-state index is -0.846.